The number of hydrogen-bond acceptors (Lipinski definition) is 3. The molecule has 0 radical (unpaired) electrons. The molecule has 0 spiro atoms. The molecule has 1 aliphatic heterocycles. The van der Waals surface area contributed by atoms with E-state index in [4.69, 9.17) is 5.73 Å². The Labute approximate surface area is 95.3 Å². The van der Waals surface area contributed by atoms with Gasteiger partial charge in [-0.25, -0.2) is 9.37 Å². The van der Waals surface area contributed by atoms with Gasteiger partial charge in [-0.2, -0.15) is 0 Å². The Morgan fingerprint density at radius 1 is 1.56 bits per heavy atom. The van der Waals surface area contributed by atoms with E-state index in [-0.39, 0.29) is 6.04 Å². The van der Waals surface area contributed by atoms with Gasteiger partial charge in [0.05, 0.1) is 0 Å². The fraction of sp³-hybridized carbons (Fsp3) is 0.583. The lowest BCUT2D eigenvalue weighted by Gasteiger charge is -2.27. The first-order valence-corrected chi connectivity index (χ1v) is 5.78. The smallest absolute Gasteiger partial charge is 0.144 e. The quantitative estimate of drug-likeness (QED) is 0.807. The van der Waals surface area contributed by atoms with Crippen molar-refractivity contribution in [2.45, 2.75) is 38.4 Å². The van der Waals surface area contributed by atoms with Crippen LogP contribution in [0.5, 0.6) is 0 Å². The Hall–Kier alpha value is -1.16. The van der Waals surface area contributed by atoms with Gasteiger partial charge in [0.15, 0.2) is 0 Å². The number of anilines is 1. The van der Waals surface area contributed by atoms with Gasteiger partial charge in [0.2, 0.25) is 0 Å². The van der Waals surface area contributed by atoms with Crippen LogP contribution in [0.1, 0.15) is 36.6 Å². The summed E-state index contributed by atoms with van der Waals surface area (Å²) in [5.41, 5.74) is 7.19. The van der Waals surface area contributed by atoms with E-state index >= 15 is 0 Å². The molecule has 1 saturated heterocycles. The summed E-state index contributed by atoms with van der Waals surface area (Å²) in [6, 6.07) is 1.68. The first kappa shape index (κ1) is 11.3. The number of pyridine rings is 1. The van der Waals surface area contributed by atoms with E-state index in [1.807, 2.05) is 6.92 Å². The Morgan fingerprint density at radius 3 is 3.06 bits per heavy atom. The van der Waals surface area contributed by atoms with E-state index < -0.39 is 6.17 Å². The van der Waals surface area contributed by atoms with E-state index in [1.54, 1.807) is 12.3 Å². The molecule has 3 nitrogen and oxygen atoms in total. The van der Waals surface area contributed by atoms with Gasteiger partial charge in [0.1, 0.15) is 12.0 Å². The second-order valence-electron chi connectivity index (χ2n) is 4.45. The highest BCUT2D eigenvalue weighted by molar-refractivity contribution is 5.42. The zero-order chi connectivity index (χ0) is 11.5. The van der Waals surface area contributed by atoms with Crippen LogP contribution in [0.3, 0.4) is 0 Å². The summed E-state index contributed by atoms with van der Waals surface area (Å²) in [5, 5.41) is 3.21. The van der Waals surface area contributed by atoms with Crippen molar-refractivity contribution < 1.29 is 4.39 Å². The minimum atomic E-state index is -1.05. The monoisotopic (exact) mass is 223 g/mol. The van der Waals surface area contributed by atoms with Crippen molar-refractivity contribution in [3.05, 3.63) is 23.4 Å². The Bertz CT molecular complexity index is 361. The minimum absolute atomic E-state index is 0.111. The number of nitrogens with zero attached hydrogens (tertiary/aromatic N) is 1. The van der Waals surface area contributed by atoms with Crippen molar-refractivity contribution >= 4 is 5.82 Å². The number of aryl methyl sites for hydroxylation is 1. The molecule has 1 aliphatic rings. The maximum Gasteiger partial charge on any atom is 0.144 e. The predicted molar refractivity (Wildman–Crippen MR) is 62.9 cm³/mol. The van der Waals surface area contributed by atoms with Crippen LogP contribution in [0.4, 0.5) is 10.2 Å². The minimum Gasteiger partial charge on any atom is -0.383 e. The van der Waals surface area contributed by atoms with Gasteiger partial charge in [0, 0.05) is 17.8 Å². The van der Waals surface area contributed by atoms with E-state index in [9.17, 15) is 4.39 Å². The zero-order valence-corrected chi connectivity index (χ0v) is 9.54. The number of halogens is 1. The zero-order valence-electron chi connectivity index (χ0n) is 9.54. The SMILES string of the molecule is Cc1cnc(N)c(C(F)C2CCCCN2)c1. The molecule has 2 heterocycles. The molecule has 1 aromatic heterocycles. The molecule has 0 aromatic carbocycles. The average molecular weight is 223 g/mol. The summed E-state index contributed by atoms with van der Waals surface area (Å²) in [6.45, 7) is 2.79. The number of piperidine rings is 1. The second kappa shape index (κ2) is 4.78. The van der Waals surface area contributed by atoms with Crippen molar-refractivity contribution in [3.8, 4) is 0 Å². The van der Waals surface area contributed by atoms with Gasteiger partial charge in [-0.05, 0) is 37.9 Å². The molecule has 3 N–H and O–H groups in total. The Morgan fingerprint density at radius 2 is 2.38 bits per heavy atom. The first-order chi connectivity index (χ1) is 7.68. The molecule has 16 heavy (non-hydrogen) atoms. The molecule has 2 atom stereocenters. The van der Waals surface area contributed by atoms with Gasteiger partial charge in [-0.1, -0.05) is 6.42 Å². The van der Waals surface area contributed by atoms with Crippen LogP contribution >= 0.6 is 0 Å². The normalized spacial score (nSPS) is 23.0. The third-order valence-corrected chi connectivity index (χ3v) is 3.09. The molecule has 1 aromatic rings. The van der Waals surface area contributed by atoms with Crippen LogP contribution < -0.4 is 11.1 Å². The number of hydrogen-bond donors (Lipinski definition) is 2. The Kier molecular flexibility index (Phi) is 3.39. The second-order valence-corrected chi connectivity index (χ2v) is 4.45. The largest absolute Gasteiger partial charge is 0.383 e. The van der Waals surface area contributed by atoms with E-state index in [0.717, 1.165) is 31.4 Å². The molecular formula is C12H18FN3. The van der Waals surface area contributed by atoms with Crippen LogP contribution in [0.2, 0.25) is 0 Å². The maximum absolute atomic E-state index is 14.3. The molecule has 0 saturated carbocycles. The number of aromatic nitrogens is 1. The highest BCUT2D eigenvalue weighted by Gasteiger charge is 2.26. The molecule has 0 amide bonds. The van der Waals surface area contributed by atoms with Crippen LogP contribution in [-0.4, -0.2) is 17.6 Å². The lowest BCUT2D eigenvalue weighted by atomic mass is 9.96. The molecule has 1 fully saturated rings. The Balaban J connectivity index is 2.18. The van der Waals surface area contributed by atoms with Gasteiger partial charge in [-0.3, -0.25) is 0 Å². The van der Waals surface area contributed by atoms with Crippen LogP contribution in [0.25, 0.3) is 0 Å². The van der Waals surface area contributed by atoms with Crippen LogP contribution in [0.15, 0.2) is 12.3 Å². The number of nitrogens with two attached hydrogens (primary N) is 1. The predicted octanol–water partition coefficient (Wildman–Crippen LogP) is 2.12. The third kappa shape index (κ3) is 2.32. The van der Waals surface area contributed by atoms with Crippen molar-refractivity contribution in [1.82, 2.24) is 10.3 Å². The lowest BCUT2D eigenvalue weighted by Crippen LogP contribution is -2.37. The molecule has 2 unspecified atom stereocenters. The maximum atomic E-state index is 14.3. The summed E-state index contributed by atoms with van der Waals surface area (Å²) >= 11 is 0. The molecule has 2 rings (SSSR count). The summed E-state index contributed by atoms with van der Waals surface area (Å²) in [7, 11) is 0. The number of nitrogen functional groups attached to an aromatic ring is 1. The molecular weight excluding hydrogens is 205 g/mol. The summed E-state index contributed by atoms with van der Waals surface area (Å²) in [4.78, 5) is 4.00. The van der Waals surface area contributed by atoms with Crippen LogP contribution in [-0.2, 0) is 0 Å². The fourth-order valence-electron chi connectivity index (χ4n) is 2.17. The van der Waals surface area contributed by atoms with E-state index in [1.165, 1.54) is 0 Å². The van der Waals surface area contributed by atoms with Crippen molar-refractivity contribution in [1.29, 1.82) is 0 Å². The van der Waals surface area contributed by atoms with Crippen molar-refractivity contribution in [2.24, 2.45) is 0 Å². The number of alkyl halides is 1. The molecule has 0 aliphatic carbocycles. The van der Waals surface area contributed by atoms with Gasteiger partial charge in [-0.15, -0.1) is 0 Å². The standard InChI is InChI=1S/C12H18FN3/c1-8-6-9(12(14)16-7-8)11(13)10-4-2-3-5-15-10/h6-7,10-11,15H,2-5H2,1H3,(H2,14,16). The molecule has 4 heteroatoms. The highest BCUT2D eigenvalue weighted by Crippen LogP contribution is 2.29. The topological polar surface area (TPSA) is 50.9 Å². The van der Waals surface area contributed by atoms with E-state index in [0.29, 0.717) is 11.4 Å². The fourth-order valence-corrected chi connectivity index (χ4v) is 2.17. The van der Waals surface area contributed by atoms with Gasteiger partial charge >= 0.3 is 0 Å². The van der Waals surface area contributed by atoms with Crippen LogP contribution in [0, 0.1) is 6.92 Å². The third-order valence-electron chi connectivity index (χ3n) is 3.09. The highest BCUT2D eigenvalue weighted by atomic mass is 19.1. The summed E-state index contributed by atoms with van der Waals surface area (Å²) in [5.74, 6) is 0.311. The van der Waals surface area contributed by atoms with E-state index in [2.05, 4.69) is 10.3 Å². The number of nitrogens with one attached hydrogen (secondary N) is 1. The number of rotatable bonds is 2. The lowest BCUT2D eigenvalue weighted by molar-refractivity contribution is 0.221. The summed E-state index contributed by atoms with van der Waals surface area (Å²) in [6.07, 6.45) is 3.70. The van der Waals surface area contributed by atoms with Gasteiger partial charge in [0.25, 0.3) is 0 Å². The van der Waals surface area contributed by atoms with Crippen molar-refractivity contribution in [3.63, 3.8) is 0 Å². The van der Waals surface area contributed by atoms with Gasteiger partial charge < -0.3 is 11.1 Å². The average Bonchev–Trinajstić information content (AvgIpc) is 2.32. The van der Waals surface area contributed by atoms with Crippen molar-refractivity contribution in [2.75, 3.05) is 12.3 Å². The summed E-state index contributed by atoms with van der Waals surface area (Å²) < 4.78 is 14.3. The molecule has 88 valence electrons. The first-order valence-electron chi connectivity index (χ1n) is 5.78. The molecule has 0 bridgehead atoms.